The van der Waals surface area contributed by atoms with Crippen LogP contribution < -0.4 is 0 Å². The molecule has 0 N–H and O–H groups in total. The predicted octanol–water partition coefficient (Wildman–Crippen LogP) is 1.02. The van der Waals surface area contributed by atoms with Crippen molar-refractivity contribution in [2.45, 2.75) is 32.3 Å². The average Bonchev–Trinajstić information content (AvgIpc) is 2.31. The maximum atomic E-state index is 11.4. The fraction of sp³-hybridized carbons (Fsp3) is 0.545. The van der Waals surface area contributed by atoms with Crippen LogP contribution in [-0.2, 0) is 23.9 Å². The smallest absolute Gasteiger partial charge is 0.330 e. The summed E-state index contributed by atoms with van der Waals surface area (Å²) in [5.41, 5.74) is 0. The van der Waals surface area contributed by atoms with Crippen LogP contribution in [0.5, 0.6) is 0 Å². The lowest BCUT2D eigenvalue weighted by Gasteiger charge is -2.14. The van der Waals surface area contributed by atoms with Crippen LogP contribution in [0.3, 0.4) is 0 Å². The molecule has 0 fully saturated rings. The molecule has 0 amide bonds. The third-order valence-electron chi connectivity index (χ3n) is 1.93. The Kier molecular flexibility index (Phi) is 7.75. The molecule has 0 bridgehead atoms. The van der Waals surface area contributed by atoms with Crippen LogP contribution >= 0.6 is 0 Å². The van der Waals surface area contributed by atoms with E-state index in [1.165, 1.54) is 0 Å². The van der Waals surface area contributed by atoms with Crippen LogP contribution in [0.4, 0.5) is 0 Å². The Bertz CT molecular complexity index is 259. The molecule has 5 nitrogen and oxygen atoms in total. The Morgan fingerprint density at radius 2 is 2.12 bits per heavy atom. The Labute approximate surface area is 94.4 Å². The molecule has 0 saturated heterocycles. The zero-order chi connectivity index (χ0) is 12.4. The van der Waals surface area contributed by atoms with E-state index in [1.54, 1.807) is 6.92 Å². The third kappa shape index (κ3) is 5.95. The first-order valence-corrected chi connectivity index (χ1v) is 5.06. The fourth-order valence-corrected chi connectivity index (χ4v) is 1.10. The lowest BCUT2D eigenvalue weighted by molar-refractivity contribution is -0.151. The van der Waals surface area contributed by atoms with E-state index in [1.807, 2.05) is 0 Å². The number of ketones is 1. The number of carbonyl (C=O) groups is 3. The molecule has 5 heteroatoms. The summed E-state index contributed by atoms with van der Waals surface area (Å²) >= 11 is 0. The fourth-order valence-electron chi connectivity index (χ4n) is 1.10. The minimum atomic E-state index is -0.772. The highest BCUT2D eigenvalue weighted by Gasteiger charge is 2.19. The summed E-state index contributed by atoms with van der Waals surface area (Å²) in [6, 6.07) is 0. The Hall–Kier alpha value is -1.65. The SMILES string of the molecule is C=CC(=O)OC(CCCOC=O)C(=O)CC. The second kappa shape index (κ2) is 8.64. The number of esters is 1. The molecule has 0 aromatic rings. The van der Waals surface area contributed by atoms with Crippen molar-refractivity contribution in [2.75, 3.05) is 6.61 Å². The first-order chi connectivity index (χ1) is 7.65. The summed E-state index contributed by atoms with van der Waals surface area (Å²) in [5, 5.41) is 0. The van der Waals surface area contributed by atoms with Crippen LogP contribution in [0.25, 0.3) is 0 Å². The second-order valence-electron chi connectivity index (χ2n) is 3.06. The van der Waals surface area contributed by atoms with E-state index in [4.69, 9.17) is 4.74 Å². The molecular weight excluding hydrogens is 212 g/mol. The van der Waals surface area contributed by atoms with Gasteiger partial charge in [-0.1, -0.05) is 13.5 Å². The van der Waals surface area contributed by atoms with E-state index >= 15 is 0 Å². The largest absolute Gasteiger partial charge is 0.468 e. The van der Waals surface area contributed by atoms with Gasteiger partial charge in [0, 0.05) is 12.5 Å². The van der Waals surface area contributed by atoms with E-state index in [2.05, 4.69) is 11.3 Å². The summed E-state index contributed by atoms with van der Waals surface area (Å²) in [7, 11) is 0. The molecule has 0 saturated carbocycles. The summed E-state index contributed by atoms with van der Waals surface area (Å²) in [4.78, 5) is 32.2. The van der Waals surface area contributed by atoms with E-state index in [-0.39, 0.29) is 12.4 Å². The molecule has 0 aliphatic carbocycles. The molecule has 0 heterocycles. The van der Waals surface area contributed by atoms with Crippen LogP contribution in [-0.4, -0.2) is 30.9 Å². The van der Waals surface area contributed by atoms with Gasteiger partial charge in [-0.25, -0.2) is 4.79 Å². The molecule has 0 aliphatic heterocycles. The Morgan fingerprint density at radius 3 is 2.62 bits per heavy atom. The van der Waals surface area contributed by atoms with E-state index in [9.17, 15) is 14.4 Å². The number of rotatable bonds is 9. The zero-order valence-electron chi connectivity index (χ0n) is 9.31. The monoisotopic (exact) mass is 228 g/mol. The molecule has 0 aromatic heterocycles. The van der Waals surface area contributed by atoms with Crippen LogP contribution in [0.15, 0.2) is 12.7 Å². The van der Waals surface area contributed by atoms with Crippen molar-refractivity contribution in [3.8, 4) is 0 Å². The molecule has 90 valence electrons. The number of ether oxygens (including phenoxy) is 2. The van der Waals surface area contributed by atoms with Crippen molar-refractivity contribution in [3.63, 3.8) is 0 Å². The lowest BCUT2D eigenvalue weighted by atomic mass is 10.1. The van der Waals surface area contributed by atoms with Gasteiger partial charge in [0.2, 0.25) is 0 Å². The Morgan fingerprint density at radius 1 is 1.44 bits per heavy atom. The number of hydrogen-bond donors (Lipinski definition) is 0. The molecule has 0 aromatic carbocycles. The molecule has 0 rings (SSSR count). The van der Waals surface area contributed by atoms with Gasteiger partial charge in [-0.15, -0.1) is 0 Å². The third-order valence-corrected chi connectivity index (χ3v) is 1.93. The molecule has 0 aliphatic rings. The standard InChI is InChI=1S/C11H16O5/c1-3-9(13)10(16-11(14)4-2)6-5-7-15-8-12/h4,8,10H,2-3,5-7H2,1H3. The maximum Gasteiger partial charge on any atom is 0.330 e. The van der Waals surface area contributed by atoms with Gasteiger partial charge in [-0.3, -0.25) is 9.59 Å². The second-order valence-corrected chi connectivity index (χ2v) is 3.06. The van der Waals surface area contributed by atoms with Crippen LogP contribution in [0.1, 0.15) is 26.2 Å². The molecular formula is C11H16O5. The highest BCUT2D eigenvalue weighted by molar-refractivity contribution is 5.88. The summed E-state index contributed by atoms with van der Waals surface area (Å²) < 4.78 is 9.36. The highest BCUT2D eigenvalue weighted by Crippen LogP contribution is 2.07. The van der Waals surface area contributed by atoms with Gasteiger partial charge >= 0.3 is 5.97 Å². The molecule has 0 radical (unpaired) electrons. The summed E-state index contributed by atoms with van der Waals surface area (Å²) in [5.74, 6) is -0.774. The molecule has 1 unspecified atom stereocenters. The highest BCUT2D eigenvalue weighted by atomic mass is 16.5. The Balaban J connectivity index is 4.10. The molecule has 16 heavy (non-hydrogen) atoms. The zero-order valence-corrected chi connectivity index (χ0v) is 9.31. The van der Waals surface area contributed by atoms with Gasteiger partial charge in [0.05, 0.1) is 6.61 Å². The van der Waals surface area contributed by atoms with E-state index < -0.39 is 12.1 Å². The van der Waals surface area contributed by atoms with Gasteiger partial charge in [-0.2, -0.15) is 0 Å². The van der Waals surface area contributed by atoms with Gasteiger partial charge in [0.25, 0.3) is 6.47 Å². The number of Topliss-reactive ketones (excluding diaryl/α,β-unsaturated/α-hetero) is 1. The van der Waals surface area contributed by atoms with Crippen molar-refractivity contribution >= 4 is 18.2 Å². The van der Waals surface area contributed by atoms with Gasteiger partial charge in [0.15, 0.2) is 11.9 Å². The van der Waals surface area contributed by atoms with Gasteiger partial charge < -0.3 is 9.47 Å². The minimum absolute atomic E-state index is 0.152. The topological polar surface area (TPSA) is 69.7 Å². The molecule has 0 spiro atoms. The summed E-state index contributed by atoms with van der Waals surface area (Å²) in [6.07, 6.45) is 1.35. The normalized spacial score (nSPS) is 11.3. The van der Waals surface area contributed by atoms with Crippen molar-refractivity contribution in [1.29, 1.82) is 0 Å². The van der Waals surface area contributed by atoms with Crippen molar-refractivity contribution < 1.29 is 23.9 Å². The van der Waals surface area contributed by atoms with Gasteiger partial charge in [-0.05, 0) is 12.8 Å². The van der Waals surface area contributed by atoms with E-state index in [0.717, 1.165) is 6.08 Å². The first kappa shape index (κ1) is 14.3. The van der Waals surface area contributed by atoms with Crippen molar-refractivity contribution in [3.05, 3.63) is 12.7 Å². The number of carbonyl (C=O) groups excluding carboxylic acids is 3. The summed E-state index contributed by atoms with van der Waals surface area (Å²) in [6.45, 7) is 5.50. The van der Waals surface area contributed by atoms with Crippen molar-refractivity contribution in [1.82, 2.24) is 0 Å². The quantitative estimate of drug-likeness (QED) is 0.255. The maximum absolute atomic E-state index is 11.4. The van der Waals surface area contributed by atoms with Gasteiger partial charge in [0.1, 0.15) is 0 Å². The minimum Gasteiger partial charge on any atom is -0.468 e. The van der Waals surface area contributed by atoms with Crippen LogP contribution in [0, 0.1) is 0 Å². The van der Waals surface area contributed by atoms with Crippen LogP contribution in [0.2, 0.25) is 0 Å². The van der Waals surface area contributed by atoms with E-state index in [0.29, 0.717) is 25.7 Å². The molecule has 1 atom stereocenters. The predicted molar refractivity (Wildman–Crippen MR) is 56.6 cm³/mol. The average molecular weight is 228 g/mol. The first-order valence-electron chi connectivity index (χ1n) is 5.06. The van der Waals surface area contributed by atoms with Crippen molar-refractivity contribution in [2.24, 2.45) is 0 Å². The lowest BCUT2D eigenvalue weighted by Crippen LogP contribution is -2.26. The number of hydrogen-bond acceptors (Lipinski definition) is 5.